The second-order valence-electron chi connectivity index (χ2n) is 5.24. The molecule has 0 aliphatic rings. The minimum absolute atomic E-state index is 0.0640. The van der Waals surface area contributed by atoms with Crippen LogP contribution in [0.25, 0.3) is 0 Å². The summed E-state index contributed by atoms with van der Waals surface area (Å²) in [4.78, 5) is 4.12. The molecule has 0 aromatic carbocycles. The Morgan fingerprint density at radius 3 is 2.78 bits per heavy atom. The molecule has 0 amide bonds. The van der Waals surface area contributed by atoms with Crippen LogP contribution >= 0.6 is 0 Å². The normalized spacial score (nSPS) is 12.0. The minimum Gasteiger partial charge on any atom is -0.340 e. The predicted octanol–water partition coefficient (Wildman–Crippen LogP) is 0.906. The van der Waals surface area contributed by atoms with Crippen LogP contribution in [0.3, 0.4) is 0 Å². The van der Waals surface area contributed by atoms with E-state index in [0.29, 0.717) is 24.8 Å². The molecule has 0 unspecified atom stereocenters. The van der Waals surface area contributed by atoms with Gasteiger partial charge in [-0.1, -0.05) is 10.4 Å². The zero-order valence-corrected chi connectivity index (χ0v) is 11.1. The molecule has 2 aromatic rings. The van der Waals surface area contributed by atoms with Crippen molar-refractivity contribution in [2.45, 2.75) is 46.3 Å². The third-order valence-corrected chi connectivity index (χ3v) is 2.26. The van der Waals surface area contributed by atoms with Crippen LogP contribution in [0.2, 0.25) is 0 Å². The van der Waals surface area contributed by atoms with Crippen molar-refractivity contribution in [2.75, 3.05) is 0 Å². The van der Waals surface area contributed by atoms with Gasteiger partial charge in [-0.2, -0.15) is 4.98 Å². The summed E-state index contributed by atoms with van der Waals surface area (Å²) in [7, 11) is 0. The molecule has 2 heterocycles. The SMILES string of the molecule is Cc1nc(Cn2cc(CNC(C)(C)C)nn2)no1. The maximum atomic E-state index is 4.90. The lowest BCUT2D eigenvalue weighted by molar-refractivity contribution is 0.385. The summed E-state index contributed by atoms with van der Waals surface area (Å²) in [6.07, 6.45) is 1.88. The van der Waals surface area contributed by atoms with Crippen LogP contribution in [0, 0.1) is 6.92 Å². The van der Waals surface area contributed by atoms with E-state index in [2.05, 4.69) is 46.5 Å². The van der Waals surface area contributed by atoms with Gasteiger partial charge in [0.25, 0.3) is 0 Å². The fourth-order valence-electron chi connectivity index (χ4n) is 1.40. The molecule has 0 saturated heterocycles. The first-order chi connectivity index (χ1) is 8.42. The number of aryl methyl sites for hydroxylation is 1. The standard InChI is InChI=1S/C11H18N6O/c1-8-13-10(15-18-8)7-17-6-9(14-16-17)5-12-11(2,3)4/h6,12H,5,7H2,1-4H3. The summed E-state index contributed by atoms with van der Waals surface area (Å²) in [5.41, 5.74) is 0.958. The van der Waals surface area contributed by atoms with Crippen LogP contribution < -0.4 is 5.32 Å². The highest BCUT2D eigenvalue weighted by molar-refractivity contribution is 4.95. The molecule has 0 saturated carbocycles. The Hall–Kier alpha value is -1.76. The van der Waals surface area contributed by atoms with Gasteiger partial charge in [0.15, 0.2) is 5.82 Å². The van der Waals surface area contributed by atoms with E-state index in [4.69, 9.17) is 4.52 Å². The molecule has 2 aromatic heterocycles. The molecule has 18 heavy (non-hydrogen) atoms. The van der Waals surface area contributed by atoms with Gasteiger partial charge in [0, 0.05) is 19.0 Å². The van der Waals surface area contributed by atoms with Crippen molar-refractivity contribution in [1.29, 1.82) is 0 Å². The molecule has 0 aliphatic heterocycles. The smallest absolute Gasteiger partial charge is 0.223 e. The van der Waals surface area contributed by atoms with E-state index in [1.54, 1.807) is 11.6 Å². The number of aromatic nitrogens is 5. The minimum atomic E-state index is 0.0640. The first-order valence-corrected chi connectivity index (χ1v) is 5.85. The van der Waals surface area contributed by atoms with Gasteiger partial charge in [0.05, 0.1) is 11.9 Å². The summed E-state index contributed by atoms with van der Waals surface area (Å²) < 4.78 is 6.60. The summed E-state index contributed by atoms with van der Waals surface area (Å²) in [6, 6.07) is 0. The second kappa shape index (κ2) is 4.85. The topological polar surface area (TPSA) is 81.7 Å². The van der Waals surface area contributed by atoms with Gasteiger partial charge in [0.1, 0.15) is 6.54 Å². The maximum absolute atomic E-state index is 4.90. The fourth-order valence-corrected chi connectivity index (χ4v) is 1.40. The zero-order valence-electron chi connectivity index (χ0n) is 11.1. The average Bonchev–Trinajstić information content (AvgIpc) is 2.85. The second-order valence-corrected chi connectivity index (χ2v) is 5.24. The lowest BCUT2D eigenvalue weighted by atomic mass is 10.1. The Labute approximate surface area is 106 Å². The average molecular weight is 250 g/mol. The molecule has 98 valence electrons. The van der Waals surface area contributed by atoms with E-state index < -0.39 is 0 Å². The van der Waals surface area contributed by atoms with Crippen molar-refractivity contribution in [3.05, 3.63) is 23.6 Å². The van der Waals surface area contributed by atoms with Crippen molar-refractivity contribution < 1.29 is 4.52 Å². The van der Waals surface area contributed by atoms with E-state index in [0.717, 1.165) is 5.69 Å². The van der Waals surface area contributed by atoms with Crippen LogP contribution in [-0.4, -0.2) is 30.7 Å². The predicted molar refractivity (Wildman–Crippen MR) is 64.8 cm³/mol. The molecule has 7 heteroatoms. The molecule has 7 nitrogen and oxygen atoms in total. The third-order valence-electron chi connectivity index (χ3n) is 2.26. The van der Waals surface area contributed by atoms with Gasteiger partial charge in [-0.05, 0) is 20.8 Å². The molecular weight excluding hydrogens is 232 g/mol. The van der Waals surface area contributed by atoms with Crippen molar-refractivity contribution >= 4 is 0 Å². The first-order valence-electron chi connectivity index (χ1n) is 5.85. The highest BCUT2D eigenvalue weighted by atomic mass is 16.5. The molecule has 0 spiro atoms. The Bertz CT molecular complexity index is 510. The van der Waals surface area contributed by atoms with Gasteiger partial charge in [-0.3, -0.25) is 0 Å². The summed E-state index contributed by atoms with van der Waals surface area (Å²) in [6.45, 7) is 9.25. The number of rotatable bonds is 4. The van der Waals surface area contributed by atoms with Crippen molar-refractivity contribution in [3.8, 4) is 0 Å². The van der Waals surface area contributed by atoms with E-state index in [9.17, 15) is 0 Å². The van der Waals surface area contributed by atoms with Crippen LogP contribution in [0.5, 0.6) is 0 Å². The first kappa shape index (κ1) is 12.7. The van der Waals surface area contributed by atoms with E-state index >= 15 is 0 Å². The van der Waals surface area contributed by atoms with Crippen molar-refractivity contribution in [3.63, 3.8) is 0 Å². The number of hydrogen-bond acceptors (Lipinski definition) is 6. The molecule has 0 fully saturated rings. The lowest BCUT2D eigenvalue weighted by Gasteiger charge is -2.19. The Kier molecular flexibility index (Phi) is 3.42. The van der Waals surface area contributed by atoms with Gasteiger partial charge in [0.2, 0.25) is 5.89 Å². The van der Waals surface area contributed by atoms with Gasteiger partial charge in [-0.15, -0.1) is 5.10 Å². The van der Waals surface area contributed by atoms with Gasteiger partial charge >= 0.3 is 0 Å². The highest BCUT2D eigenvalue weighted by Gasteiger charge is 2.11. The summed E-state index contributed by atoms with van der Waals surface area (Å²) >= 11 is 0. The van der Waals surface area contributed by atoms with Crippen LogP contribution in [0.4, 0.5) is 0 Å². The summed E-state index contributed by atoms with van der Waals surface area (Å²) in [5.74, 6) is 1.16. The Morgan fingerprint density at radius 2 is 2.17 bits per heavy atom. The molecule has 0 atom stereocenters. The van der Waals surface area contributed by atoms with Gasteiger partial charge in [-0.25, -0.2) is 4.68 Å². The fraction of sp³-hybridized carbons (Fsp3) is 0.636. The third kappa shape index (κ3) is 3.63. The maximum Gasteiger partial charge on any atom is 0.223 e. The molecule has 0 aliphatic carbocycles. The van der Waals surface area contributed by atoms with Crippen LogP contribution in [-0.2, 0) is 13.1 Å². The van der Waals surface area contributed by atoms with Crippen molar-refractivity contribution in [2.24, 2.45) is 0 Å². The largest absolute Gasteiger partial charge is 0.340 e. The van der Waals surface area contributed by atoms with Crippen molar-refractivity contribution in [1.82, 2.24) is 30.5 Å². The lowest BCUT2D eigenvalue weighted by Crippen LogP contribution is -2.35. The monoisotopic (exact) mass is 250 g/mol. The highest BCUT2D eigenvalue weighted by Crippen LogP contribution is 2.03. The number of nitrogens with zero attached hydrogens (tertiary/aromatic N) is 5. The molecule has 0 radical (unpaired) electrons. The quantitative estimate of drug-likeness (QED) is 0.868. The number of nitrogens with one attached hydrogen (secondary N) is 1. The molecule has 0 bridgehead atoms. The van der Waals surface area contributed by atoms with Crippen LogP contribution in [0.15, 0.2) is 10.7 Å². The molecule has 1 N–H and O–H groups in total. The molecule has 2 rings (SSSR count). The summed E-state index contributed by atoms with van der Waals surface area (Å²) in [5, 5.41) is 15.3. The van der Waals surface area contributed by atoms with E-state index in [1.165, 1.54) is 0 Å². The molecular formula is C11H18N6O. The zero-order chi connectivity index (χ0) is 13.2. The van der Waals surface area contributed by atoms with Gasteiger partial charge < -0.3 is 9.84 Å². The van der Waals surface area contributed by atoms with E-state index in [-0.39, 0.29) is 5.54 Å². The number of hydrogen-bond donors (Lipinski definition) is 1. The van der Waals surface area contributed by atoms with E-state index in [1.807, 2.05) is 6.20 Å². The Balaban J connectivity index is 1.94. The van der Waals surface area contributed by atoms with Crippen LogP contribution in [0.1, 0.15) is 38.2 Å². The Morgan fingerprint density at radius 1 is 1.39 bits per heavy atom.